The number of hydrogen-bond acceptors (Lipinski definition) is 6. The number of amides is 1. The Bertz CT molecular complexity index is 791. The van der Waals surface area contributed by atoms with E-state index in [1.165, 1.54) is 0 Å². The van der Waals surface area contributed by atoms with Gasteiger partial charge in [0.1, 0.15) is 0 Å². The fraction of sp³-hybridized carbons (Fsp3) is 0.438. The van der Waals surface area contributed by atoms with E-state index in [4.69, 9.17) is 10.5 Å². The van der Waals surface area contributed by atoms with E-state index in [1.807, 2.05) is 35.0 Å². The number of anilines is 1. The SMILES string of the molecule is CN(CC(N)=O)C[C@H]1CN(c2nc3ccccc3c(=O)[nH]2)CCO1. The minimum atomic E-state index is -0.370. The molecule has 3 rings (SSSR count). The molecule has 8 heteroatoms. The van der Waals surface area contributed by atoms with E-state index in [0.717, 1.165) is 0 Å². The van der Waals surface area contributed by atoms with Crippen LogP contribution in [0.3, 0.4) is 0 Å². The zero-order chi connectivity index (χ0) is 17.1. The van der Waals surface area contributed by atoms with E-state index in [9.17, 15) is 9.59 Å². The number of benzene rings is 1. The normalized spacial score (nSPS) is 18.2. The Labute approximate surface area is 139 Å². The summed E-state index contributed by atoms with van der Waals surface area (Å²) in [5, 5.41) is 0.576. The molecule has 3 N–H and O–H groups in total. The van der Waals surface area contributed by atoms with Gasteiger partial charge in [-0.05, 0) is 19.2 Å². The first-order valence-electron chi connectivity index (χ1n) is 7.85. The van der Waals surface area contributed by atoms with Crippen molar-refractivity contribution in [1.29, 1.82) is 0 Å². The van der Waals surface area contributed by atoms with Crippen LogP contribution in [0.4, 0.5) is 5.95 Å². The molecule has 1 saturated heterocycles. The van der Waals surface area contributed by atoms with Crippen LogP contribution in [0.15, 0.2) is 29.1 Å². The Morgan fingerprint density at radius 2 is 2.29 bits per heavy atom. The maximum absolute atomic E-state index is 12.2. The third kappa shape index (κ3) is 3.72. The molecule has 8 nitrogen and oxygen atoms in total. The summed E-state index contributed by atoms with van der Waals surface area (Å²) in [6.07, 6.45) is -0.0835. The van der Waals surface area contributed by atoms with Crippen LogP contribution in [0, 0.1) is 0 Å². The Kier molecular flexibility index (Phi) is 4.77. The zero-order valence-electron chi connectivity index (χ0n) is 13.6. The molecule has 128 valence electrons. The van der Waals surface area contributed by atoms with Crippen molar-refractivity contribution in [1.82, 2.24) is 14.9 Å². The molecule has 2 aromatic rings. The van der Waals surface area contributed by atoms with E-state index in [2.05, 4.69) is 9.97 Å². The van der Waals surface area contributed by atoms with E-state index in [1.54, 1.807) is 6.07 Å². The summed E-state index contributed by atoms with van der Waals surface area (Å²) in [4.78, 5) is 34.4. The lowest BCUT2D eigenvalue weighted by molar-refractivity contribution is -0.119. The summed E-state index contributed by atoms with van der Waals surface area (Å²) in [7, 11) is 1.82. The smallest absolute Gasteiger partial charge is 0.260 e. The summed E-state index contributed by atoms with van der Waals surface area (Å²) in [5.74, 6) is 0.176. The summed E-state index contributed by atoms with van der Waals surface area (Å²) < 4.78 is 5.74. The number of primary amides is 1. The summed E-state index contributed by atoms with van der Waals surface area (Å²) in [6, 6.07) is 7.26. The van der Waals surface area contributed by atoms with Crippen molar-refractivity contribution in [3.63, 3.8) is 0 Å². The van der Waals surface area contributed by atoms with Gasteiger partial charge in [0.25, 0.3) is 5.56 Å². The van der Waals surface area contributed by atoms with Crippen molar-refractivity contribution in [2.24, 2.45) is 5.73 Å². The lowest BCUT2D eigenvalue weighted by Gasteiger charge is -2.34. The van der Waals surface area contributed by atoms with Crippen molar-refractivity contribution in [2.75, 3.05) is 44.7 Å². The second kappa shape index (κ2) is 6.98. The lowest BCUT2D eigenvalue weighted by Crippen LogP contribution is -2.48. The first-order chi connectivity index (χ1) is 11.5. The number of rotatable bonds is 5. The molecule has 0 bridgehead atoms. The van der Waals surface area contributed by atoms with Gasteiger partial charge in [-0.1, -0.05) is 12.1 Å². The van der Waals surface area contributed by atoms with Gasteiger partial charge in [-0.3, -0.25) is 19.5 Å². The molecule has 1 aromatic carbocycles. The van der Waals surface area contributed by atoms with Crippen molar-refractivity contribution >= 4 is 22.8 Å². The average molecular weight is 331 g/mol. The van der Waals surface area contributed by atoms with Gasteiger partial charge in [0.15, 0.2) is 0 Å². The third-order valence-electron chi connectivity index (χ3n) is 3.98. The van der Waals surface area contributed by atoms with E-state index >= 15 is 0 Å². The molecule has 0 spiro atoms. The van der Waals surface area contributed by atoms with Crippen LogP contribution in [0.5, 0.6) is 0 Å². The first kappa shape index (κ1) is 16.4. The van der Waals surface area contributed by atoms with E-state index < -0.39 is 0 Å². The van der Waals surface area contributed by atoms with Crippen molar-refractivity contribution in [2.45, 2.75) is 6.10 Å². The number of aromatic amines is 1. The van der Waals surface area contributed by atoms with Gasteiger partial charge >= 0.3 is 0 Å². The number of carbonyl (C=O) groups is 1. The first-order valence-corrected chi connectivity index (χ1v) is 7.85. The summed E-state index contributed by atoms with van der Waals surface area (Å²) in [6.45, 7) is 2.54. The Hall–Kier alpha value is -2.45. The Morgan fingerprint density at radius 3 is 3.08 bits per heavy atom. The number of nitrogens with two attached hydrogens (primary N) is 1. The van der Waals surface area contributed by atoms with Crippen LogP contribution < -0.4 is 16.2 Å². The molecular formula is C16H21N5O3. The number of ether oxygens (including phenoxy) is 1. The molecule has 1 aliphatic heterocycles. The van der Waals surface area contributed by atoms with Crippen LogP contribution in [0.25, 0.3) is 10.9 Å². The van der Waals surface area contributed by atoms with Gasteiger partial charge in [-0.25, -0.2) is 4.98 Å². The maximum Gasteiger partial charge on any atom is 0.260 e. The predicted molar refractivity (Wildman–Crippen MR) is 91.0 cm³/mol. The number of likely N-dealkylation sites (N-methyl/N-ethyl adjacent to an activating group) is 1. The second-order valence-corrected chi connectivity index (χ2v) is 6.01. The number of H-pyrrole nitrogens is 1. The molecule has 0 unspecified atom stereocenters. The highest BCUT2D eigenvalue weighted by Crippen LogP contribution is 2.15. The van der Waals surface area contributed by atoms with Crippen LogP contribution in [0.1, 0.15) is 0 Å². The standard InChI is InChI=1S/C16H21N5O3/c1-20(10-14(17)22)8-11-9-21(6-7-24-11)16-18-13-5-3-2-4-12(13)15(23)19-16/h2-5,11H,6-10H2,1H3,(H2,17,22)(H,18,19,23)/t11-/m0/s1. The molecule has 0 aliphatic carbocycles. The van der Waals surface area contributed by atoms with Gasteiger partial charge in [-0.2, -0.15) is 0 Å². The van der Waals surface area contributed by atoms with Gasteiger partial charge in [0.05, 0.1) is 30.2 Å². The van der Waals surface area contributed by atoms with Crippen LogP contribution in [-0.2, 0) is 9.53 Å². The molecular weight excluding hydrogens is 310 g/mol. The molecule has 24 heavy (non-hydrogen) atoms. The number of nitrogens with zero attached hydrogens (tertiary/aromatic N) is 3. The Morgan fingerprint density at radius 1 is 1.50 bits per heavy atom. The lowest BCUT2D eigenvalue weighted by atomic mass is 10.2. The number of hydrogen-bond donors (Lipinski definition) is 2. The molecule has 1 aromatic heterocycles. The quantitative estimate of drug-likeness (QED) is 0.769. The van der Waals surface area contributed by atoms with Gasteiger partial charge in [0.2, 0.25) is 11.9 Å². The van der Waals surface area contributed by atoms with Crippen LogP contribution in [-0.4, -0.2) is 66.7 Å². The number of fused-ring (bicyclic) bond motifs is 1. The topological polar surface area (TPSA) is 105 Å². The molecule has 0 saturated carbocycles. The van der Waals surface area contributed by atoms with E-state index in [-0.39, 0.29) is 24.1 Å². The minimum Gasteiger partial charge on any atom is -0.373 e. The summed E-state index contributed by atoms with van der Waals surface area (Å²) >= 11 is 0. The number of carbonyl (C=O) groups excluding carboxylic acids is 1. The number of morpholine rings is 1. The fourth-order valence-electron chi connectivity index (χ4n) is 2.92. The van der Waals surface area contributed by atoms with Gasteiger partial charge < -0.3 is 15.4 Å². The maximum atomic E-state index is 12.2. The Balaban J connectivity index is 1.75. The molecule has 1 amide bonds. The zero-order valence-corrected chi connectivity index (χ0v) is 13.6. The van der Waals surface area contributed by atoms with Crippen molar-refractivity contribution in [3.05, 3.63) is 34.6 Å². The largest absolute Gasteiger partial charge is 0.373 e. The minimum absolute atomic E-state index is 0.0835. The third-order valence-corrected chi connectivity index (χ3v) is 3.98. The molecule has 2 heterocycles. The van der Waals surface area contributed by atoms with Gasteiger partial charge in [0, 0.05) is 19.6 Å². The summed E-state index contributed by atoms with van der Waals surface area (Å²) in [5.41, 5.74) is 5.73. The predicted octanol–water partition coefficient (Wildman–Crippen LogP) is -0.455. The van der Waals surface area contributed by atoms with E-state index in [0.29, 0.717) is 43.1 Å². The van der Waals surface area contributed by atoms with Crippen LogP contribution in [0.2, 0.25) is 0 Å². The van der Waals surface area contributed by atoms with Crippen molar-refractivity contribution < 1.29 is 9.53 Å². The molecule has 1 aliphatic rings. The number of nitrogens with one attached hydrogen (secondary N) is 1. The fourth-order valence-corrected chi connectivity index (χ4v) is 2.92. The highest BCUT2D eigenvalue weighted by molar-refractivity contribution is 5.78. The molecule has 1 atom stereocenters. The second-order valence-electron chi connectivity index (χ2n) is 6.01. The monoisotopic (exact) mass is 331 g/mol. The van der Waals surface area contributed by atoms with Crippen LogP contribution >= 0.6 is 0 Å². The molecule has 1 fully saturated rings. The highest BCUT2D eigenvalue weighted by atomic mass is 16.5. The van der Waals surface area contributed by atoms with Crippen molar-refractivity contribution in [3.8, 4) is 0 Å². The number of aromatic nitrogens is 2. The van der Waals surface area contributed by atoms with Gasteiger partial charge in [-0.15, -0.1) is 0 Å². The average Bonchev–Trinajstić information content (AvgIpc) is 2.54. The highest BCUT2D eigenvalue weighted by Gasteiger charge is 2.24. The molecule has 0 radical (unpaired) electrons. The number of para-hydroxylation sites is 1.